The Morgan fingerprint density at radius 1 is 1.08 bits per heavy atom. The molecule has 0 saturated heterocycles. The Labute approximate surface area is 152 Å². The smallest absolute Gasteiger partial charge is 0.155 e. The standard InChI is InChI=1S/C20H22N6/c1-5-26-13(3)17(11-21-26)19-8-12(2)16-9-15(6-7-18(16)23-19)10-20-22-14(4)24-25-20/h6-9,11H,5,10H2,1-4H3,(H,22,24,25). The highest BCUT2D eigenvalue weighted by Crippen LogP contribution is 2.27. The number of aromatic amines is 1. The number of nitrogens with one attached hydrogen (secondary N) is 1. The first-order chi connectivity index (χ1) is 12.5. The summed E-state index contributed by atoms with van der Waals surface area (Å²) in [7, 11) is 0. The van der Waals surface area contributed by atoms with E-state index in [1.54, 1.807) is 0 Å². The zero-order valence-corrected chi connectivity index (χ0v) is 15.5. The van der Waals surface area contributed by atoms with E-state index >= 15 is 0 Å². The summed E-state index contributed by atoms with van der Waals surface area (Å²) >= 11 is 0. The molecule has 0 aliphatic heterocycles. The largest absolute Gasteiger partial charge is 0.269 e. The highest BCUT2D eigenvalue weighted by Gasteiger charge is 2.12. The lowest BCUT2D eigenvalue weighted by Crippen LogP contribution is -1.99. The molecule has 0 aliphatic carbocycles. The molecule has 0 atom stereocenters. The van der Waals surface area contributed by atoms with E-state index in [0.717, 1.165) is 40.7 Å². The molecule has 4 aromatic rings. The number of benzene rings is 1. The van der Waals surface area contributed by atoms with Crippen LogP contribution in [0.1, 0.15) is 35.4 Å². The van der Waals surface area contributed by atoms with Crippen LogP contribution >= 0.6 is 0 Å². The highest BCUT2D eigenvalue weighted by atomic mass is 15.3. The number of aromatic nitrogens is 6. The molecule has 0 radical (unpaired) electrons. The Balaban J connectivity index is 1.74. The number of hydrogen-bond donors (Lipinski definition) is 1. The van der Waals surface area contributed by atoms with Crippen LogP contribution in [0, 0.1) is 20.8 Å². The summed E-state index contributed by atoms with van der Waals surface area (Å²) < 4.78 is 2.00. The van der Waals surface area contributed by atoms with Crippen LogP contribution in [-0.2, 0) is 13.0 Å². The topological polar surface area (TPSA) is 72.3 Å². The van der Waals surface area contributed by atoms with Gasteiger partial charge in [0.05, 0.1) is 17.4 Å². The predicted octanol–water partition coefficient (Wildman–Crippen LogP) is 3.75. The summed E-state index contributed by atoms with van der Waals surface area (Å²) in [6.45, 7) is 9.10. The number of pyridine rings is 1. The summed E-state index contributed by atoms with van der Waals surface area (Å²) in [5.74, 6) is 1.65. The van der Waals surface area contributed by atoms with E-state index < -0.39 is 0 Å². The quantitative estimate of drug-likeness (QED) is 0.611. The van der Waals surface area contributed by atoms with Gasteiger partial charge in [0.1, 0.15) is 5.82 Å². The number of rotatable bonds is 4. The van der Waals surface area contributed by atoms with Gasteiger partial charge in [-0.1, -0.05) is 6.07 Å². The predicted molar refractivity (Wildman–Crippen MR) is 102 cm³/mol. The number of hydrogen-bond acceptors (Lipinski definition) is 4. The molecule has 0 saturated carbocycles. The summed E-state index contributed by atoms with van der Waals surface area (Å²) in [6.07, 6.45) is 2.62. The highest BCUT2D eigenvalue weighted by molar-refractivity contribution is 5.85. The second-order valence-corrected chi connectivity index (χ2v) is 6.65. The lowest BCUT2D eigenvalue weighted by Gasteiger charge is -2.08. The fourth-order valence-electron chi connectivity index (χ4n) is 3.36. The molecule has 1 N–H and O–H groups in total. The van der Waals surface area contributed by atoms with Crippen LogP contribution in [0.15, 0.2) is 30.5 Å². The molecule has 0 unspecified atom stereocenters. The fraction of sp³-hybridized carbons (Fsp3) is 0.300. The van der Waals surface area contributed by atoms with Crippen LogP contribution in [0.3, 0.4) is 0 Å². The Bertz CT molecular complexity index is 1090. The molecule has 26 heavy (non-hydrogen) atoms. The van der Waals surface area contributed by atoms with Gasteiger partial charge in [-0.25, -0.2) is 9.97 Å². The van der Waals surface area contributed by atoms with Gasteiger partial charge in [0, 0.05) is 29.6 Å². The van der Waals surface area contributed by atoms with E-state index in [1.807, 2.05) is 17.8 Å². The van der Waals surface area contributed by atoms with Gasteiger partial charge >= 0.3 is 0 Å². The molecule has 0 amide bonds. The van der Waals surface area contributed by atoms with Crippen molar-refractivity contribution in [1.82, 2.24) is 29.9 Å². The van der Waals surface area contributed by atoms with Crippen LogP contribution in [0.25, 0.3) is 22.2 Å². The van der Waals surface area contributed by atoms with E-state index in [1.165, 1.54) is 16.5 Å². The van der Waals surface area contributed by atoms with Gasteiger partial charge in [-0.15, -0.1) is 0 Å². The van der Waals surface area contributed by atoms with Crippen molar-refractivity contribution in [3.8, 4) is 11.3 Å². The molecule has 4 rings (SSSR count). The van der Waals surface area contributed by atoms with Crippen molar-refractivity contribution in [3.05, 3.63) is 58.9 Å². The Morgan fingerprint density at radius 3 is 2.62 bits per heavy atom. The zero-order chi connectivity index (χ0) is 18.3. The minimum absolute atomic E-state index is 0.712. The van der Waals surface area contributed by atoms with Crippen molar-refractivity contribution in [2.24, 2.45) is 0 Å². The molecule has 3 aromatic heterocycles. The van der Waals surface area contributed by atoms with Crippen LogP contribution in [0.4, 0.5) is 0 Å². The minimum Gasteiger partial charge on any atom is -0.269 e. The molecular weight excluding hydrogens is 324 g/mol. The van der Waals surface area contributed by atoms with Crippen LogP contribution < -0.4 is 0 Å². The maximum absolute atomic E-state index is 4.88. The lowest BCUT2D eigenvalue weighted by molar-refractivity contribution is 0.640. The molecule has 6 heteroatoms. The van der Waals surface area contributed by atoms with Gasteiger partial charge in [0.15, 0.2) is 5.82 Å². The summed E-state index contributed by atoms with van der Waals surface area (Å²) in [4.78, 5) is 9.27. The first-order valence-corrected chi connectivity index (χ1v) is 8.86. The summed E-state index contributed by atoms with van der Waals surface area (Å²) in [5, 5.41) is 12.7. The second-order valence-electron chi connectivity index (χ2n) is 6.65. The number of nitrogens with zero attached hydrogens (tertiary/aromatic N) is 5. The van der Waals surface area contributed by atoms with Gasteiger partial charge in [0.2, 0.25) is 0 Å². The average Bonchev–Trinajstić information content (AvgIpc) is 3.20. The van der Waals surface area contributed by atoms with Crippen LogP contribution in [0.5, 0.6) is 0 Å². The van der Waals surface area contributed by atoms with Crippen LogP contribution in [0.2, 0.25) is 0 Å². The zero-order valence-electron chi connectivity index (χ0n) is 15.5. The first-order valence-electron chi connectivity index (χ1n) is 8.86. The lowest BCUT2D eigenvalue weighted by atomic mass is 10.0. The number of H-pyrrole nitrogens is 1. The molecule has 0 bridgehead atoms. The molecule has 1 aromatic carbocycles. The SMILES string of the molecule is CCn1ncc(-c2cc(C)c3cc(Cc4n[nH]c(C)n4)ccc3n2)c1C. The van der Waals surface area contributed by atoms with Crippen LogP contribution in [-0.4, -0.2) is 29.9 Å². The van der Waals surface area contributed by atoms with Gasteiger partial charge < -0.3 is 0 Å². The van der Waals surface area contributed by atoms with Crippen molar-refractivity contribution in [1.29, 1.82) is 0 Å². The minimum atomic E-state index is 0.712. The Morgan fingerprint density at radius 2 is 1.92 bits per heavy atom. The molecular formula is C20H22N6. The van der Waals surface area contributed by atoms with Crippen molar-refractivity contribution >= 4 is 10.9 Å². The molecule has 132 valence electrons. The Kier molecular flexibility index (Phi) is 4.03. The summed E-state index contributed by atoms with van der Waals surface area (Å²) in [5.41, 5.74) is 6.61. The average molecular weight is 346 g/mol. The first kappa shape index (κ1) is 16.4. The molecule has 6 nitrogen and oxygen atoms in total. The van der Waals surface area contributed by atoms with Gasteiger partial charge in [-0.2, -0.15) is 10.2 Å². The van der Waals surface area contributed by atoms with Gasteiger partial charge in [-0.3, -0.25) is 9.78 Å². The third-order valence-electron chi connectivity index (χ3n) is 4.76. The van der Waals surface area contributed by atoms with Crippen molar-refractivity contribution < 1.29 is 0 Å². The molecule has 3 heterocycles. The number of fused-ring (bicyclic) bond motifs is 1. The maximum Gasteiger partial charge on any atom is 0.155 e. The van der Waals surface area contributed by atoms with Gasteiger partial charge in [-0.05, 0) is 57.0 Å². The third-order valence-corrected chi connectivity index (χ3v) is 4.76. The molecule has 0 aliphatic rings. The van der Waals surface area contributed by atoms with Crippen molar-refractivity contribution in [3.63, 3.8) is 0 Å². The van der Waals surface area contributed by atoms with E-state index in [-0.39, 0.29) is 0 Å². The monoisotopic (exact) mass is 346 g/mol. The van der Waals surface area contributed by atoms with Crippen molar-refractivity contribution in [2.75, 3.05) is 0 Å². The van der Waals surface area contributed by atoms with E-state index in [9.17, 15) is 0 Å². The van der Waals surface area contributed by atoms with E-state index in [0.29, 0.717) is 6.42 Å². The molecule has 0 fully saturated rings. The van der Waals surface area contributed by atoms with Gasteiger partial charge in [0.25, 0.3) is 0 Å². The third kappa shape index (κ3) is 2.87. The fourth-order valence-corrected chi connectivity index (χ4v) is 3.36. The maximum atomic E-state index is 4.88. The normalized spacial score (nSPS) is 11.4. The summed E-state index contributed by atoms with van der Waals surface area (Å²) in [6, 6.07) is 8.52. The van der Waals surface area contributed by atoms with Crippen molar-refractivity contribution in [2.45, 2.75) is 40.7 Å². The van der Waals surface area contributed by atoms with E-state index in [4.69, 9.17) is 4.98 Å². The molecule has 0 spiro atoms. The van der Waals surface area contributed by atoms with E-state index in [2.05, 4.69) is 65.3 Å². The number of aryl methyl sites for hydroxylation is 3. The second kappa shape index (κ2) is 6.37. The Hall–Kier alpha value is -3.02.